The second-order valence-corrected chi connectivity index (χ2v) is 4.43. The summed E-state index contributed by atoms with van der Waals surface area (Å²) in [6.45, 7) is 0. The largest absolute Gasteiger partial charge is 0.497 e. The van der Waals surface area contributed by atoms with Crippen LogP contribution in [0.5, 0.6) is 5.75 Å². The number of hydrogen-bond donors (Lipinski definition) is 0. The van der Waals surface area contributed by atoms with E-state index in [2.05, 4.69) is 0 Å². The Hall–Kier alpha value is -1.68. The van der Waals surface area contributed by atoms with Crippen LogP contribution in [-0.2, 0) is 5.75 Å². The molecule has 17 heavy (non-hydrogen) atoms. The molecule has 0 bridgehead atoms. The zero-order valence-electron chi connectivity index (χ0n) is 9.50. The Morgan fingerprint density at radius 2 is 1.94 bits per heavy atom. The van der Waals surface area contributed by atoms with E-state index in [-0.39, 0.29) is 5.56 Å². The van der Waals surface area contributed by atoms with Gasteiger partial charge in [0.2, 0.25) is 0 Å². The number of aromatic nitrogens is 1. The number of hydrogen-bond acceptors (Lipinski definition) is 3. The molecular weight excluding hydrogens is 234 g/mol. The Morgan fingerprint density at radius 1 is 1.18 bits per heavy atom. The topological polar surface area (TPSA) is 31.2 Å². The number of benzene rings is 1. The Kier molecular flexibility index (Phi) is 3.88. The summed E-state index contributed by atoms with van der Waals surface area (Å²) in [6, 6.07) is 13.0. The molecule has 0 atom stereocenters. The van der Waals surface area contributed by atoms with Crippen molar-refractivity contribution in [1.82, 2.24) is 3.97 Å². The molecule has 0 aliphatic carbocycles. The van der Waals surface area contributed by atoms with Crippen molar-refractivity contribution in [3.63, 3.8) is 0 Å². The lowest BCUT2D eigenvalue weighted by Gasteiger charge is -2.05. The van der Waals surface area contributed by atoms with E-state index in [4.69, 9.17) is 4.74 Å². The minimum atomic E-state index is 0.00557. The van der Waals surface area contributed by atoms with Crippen molar-refractivity contribution in [3.8, 4) is 5.75 Å². The van der Waals surface area contributed by atoms with Crippen molar-refractivity contribution in [2.24, 2.45) is 0 Å². The fourth-order valence-electron chi connectivity index (χ4n) is 1.39. The average Bonchev–Trinajstić information content (AvgIpc) is 2.38. The zero-order chi connectivity index (χ0) is 12.1. The molecule has 0 N–H and O–H groups in total. The van der Waals surface area contributed by atoms with Gasteiger partial charge in [0.05, 0.1) is 7.11 Å². The third kappa shape index (κ3) is 3.14. The van der Waals surface area contributed by atoms with Gasteiger partial charge in [-0.15, -0.1) is 0 Å². The molecule has 2 aromatic rings. The minimum Gasteiger partial charge on any atom is -0.497 e. The van der Waals surface area contributed by atoms with E-state index in [1.807, 2.05) is 30.3 Å². The molecule has 1 heterocycles. The molecule has 0 saturated carbocycles. The molecule has 0 aliphatic rings. The smallest absolute Gasteiger partial charge is 0.260 e. The summed E-state index contributed by atoms with van der Waals surface area (Å²) in [5.74, 6) is 1.60. The van der Waals surface area contributed by atoms with E-state index in [0.29, 0.717) is 0 Å². The maximum atomic E-state index is 11.5. The van der Waals surface area contributed by atoms with Crippen LogP contribution in [0.2, 0.25) is 0 Å². The van der Waals surface area contributed by atoms with Crippen molar-refractivity contribution in [1.29, 1.82) is 0 Å². The predicted octanol–water partition coefficient (Wildman–Crippen LogP) is 2.55. The second kappa shape index (κ2) is 5.59. The number of rotatable bonds is 4. The van der Waals surface area contributed by atoms with Gasteiger partial charge in [0, 0.05) is 18.0 Å². The van der Waals surface area contributed by atoms with Crippen molar-refractivity contribution < 1.29 is 4.74 Å². The Balaban J connectivity index is 2.02. The summed E-state index contributed by atoms with van der Waals surface area (Å²) >= 11 is 1.48. The van der Waals surface area contributed by atoms with Gasteiger partial charge in [-0.05, 0) is 35.7 Å². The van der Waals surface area contributed by atoms with E-state index >= 15 is 0 Å². The number of ether oxygens (including phenoxy) is 1. The van der Waals surface area contributed by atoms with Crippen LogP contribution in [0.3, 0.4) is 0 Å². The molecule has 88 valence electrons. The van der Waals surface area contributed by atoms with Gasteiger partial charge in [0.25, 0.3) is 5.56 Å². The number of pyridine rings is 1. The van der Waals surface area contributed by atoms with Gasteiger partial charge < -0.3 is 4.74 Å². The first-order valence-electron chi connectivity index (χ1n) is 5.23. The van der Waals surface area contributed by atoms with Gasteiger partial charge in [0.1, 0.15) is 5.75 Å². The lowest BCUT2D eigenvalue weighted by atomic mass is 10.2. The van der Waals surface area contributed by atoms with E-state index in [0.717, 1.165) is 17.1 Å². The van der Waals surface area contributed by atoms with Crippen LogP contribution in [-0.4, -0.2) is 11.1 Å². The highest BCUT2D eigenvalue weighted by atomic mass is 32.2. The molecule has 0 radical (unpaired) electrons. The molecule has 3 nitrogen and oxygen atoms in total. The summed E-state index contributed by atoms with van der Waals surface area (Å²) in [7, 11) is 1.65. The van der Waals surface area contributed by atoms with Crippen molar-refractivity contribution in [2.75, 3.05) is 7.11 Å². The predicted molar refractivity (Wildman–Crippen MR) is 70.4 cm³/mol. The quantitative estimate of drug-likeness (QED) is 0.832. The first-order chi connectivity index (χ1) is 8.29. The molecule has 0 saturated heterocycles. The van der Waals surface area contributed by atoms with Crippen molar-refractivity contribution in [3.05, 3.63) is 64.6 Å². The number of nitrogens with zero attached hydrogens (tertiary/aromatic N) is 1. The van der Waals surface area contributed by atoms with Crippen LogP contribution < -0.4 is 10.3 Å². The summed E-state index contributed by atoms with van der Waals surface area (Å²) in [5, 5.41) is 0. The second-order valence-electron chi connectivity index (χ2n) is 3.49. The van der Waals surface area contributed by atoms with Crippen LogP contribution >= 0.6 is 11.9 Å². The Morgan fingerprint density at radius 3 is 2.59 bits per heavy atom. The first kappa shape index (κ1) is 11.8. The monoisotopic (exact) mass is 247 g/mol. The Labute approximate surface area is 104 Å². The normalized spacial score (nSPS) is 10.2. The summed E-state index contributed by atoms with van der Waals surface area (Å²) in [4.78, 5) is 11.5. The molecule has 0 spiro atoms. The third-order valence-corrected chi connectivity index (χ3v) is 3.36. The van der Waals surface area contributed by atoms with E-state index in [9.17, 15) is 4.79 Å². The third-order valence-electron chi connectivity index (χ3n) is 2.32. The first-order valence-corrected chi connectivity index (χ1v) is 6.18. The highest BCUT2D eigenvalue weighted by molar-refractivity contribution is 7.97. The fraction of sp³-hybridized carbons (Fsp3) is 0.154. The van der Waals surface area contributed by atoms with Gasteiger partial charge >= 0.3 is 0 Å². The summed E-state index contributed by atoms with van der Waals surface area (Å²) in [5.41, 5.74) is 1.16. The average molecular weight is 247 g/mol. The SMILES string of the molecule is COc1ccc(CSn2ccccc2=O)cc1. The van der Waals surface area contributed by atoms with E-state index in [1.54, 1.807) is 29.4 Å². The van der Waals surface area contributed by atoms with Gasteiger partial charge in [-0.25, -0.2) is 0 Å². The molecule has 0 aliphatic heterocycles. The van der Waals surface area contributed by atoms with Gasteiger partial charge in [-0.2, -0.15) is 0 Å². The van der Waals surface area contributed by atoms with Crippen LogP contribution in [0, 0.1) is 0 Å². The van der Waals surface area contributed by atoms with Crippen LogP contribution in [0.1, 0.15) is 5.56 Å². The van der Waals surface area contributed by atoms with Crippen LogP contribution in [0.4, 0.5) is 0 Å². The molecular formula is C13H13NO2S. The molecule has 0 fully saturated rings. The van der Waals surface area contributed by atoms with E-state index < -0.39 is 0 Å². The van der Waals surface area contributed by atoms with Crippen molar-refractivity contribution >= 4 is 11.9 Å². The molecule has 1 aromatic carbocycles. The lowest BCUT2D eigenvalue weighted by Crippen LogP contribution is -2.11. The standard InChI is InChI=1S/C13H13NO2S/c1-16-12-7-5-11(6-8-12)10-17-14-9-3-2-4-13(14)15/h2-9H,10H2,1H3. The fourth-order valence-corrected chi connectivity index (χ4v) is 2.21. The van der Waals surface area contributed by atoms with Crippen LogP contribution in [0.15, 0.2) is 53.5 Å². The zero-order valence-corrected chi connectivity index (χ0v) is 10.3. The van der Waals surface area contributed by atoms with Crippen LogP contribution in [0.25, 0.3) is 0 Å². The maximum Gasteiger partial charge on any atom is 0.260 e. The number of methoxy groups -OCH3 is 1. The summed E-state index contributed by atoms with van der Waals surface area (Å²) < 4.78 is 6.72. The van der Waals surface area contributed by atoms with Crippen molar-refractivity contribution in [2.45, 2.75) is 5.75 Å². The van der Waals surface area contributed by atoms with Gasteiger partial charge in [-0.1, -0.05) is 18.2 Å². The lowest BCUT2D eigenvalue weighted by molar-refractivity contribution is 0.414. The maximum absolute atomic E-state index is 11.5. The molecule has 0 unspecified atom stereocenters. The molecule has 0 amide bonds. The highest BCUT2D eigenvalue weighted by Crippen LogP contribution is 2.16. The van der Waals surface area contributed by atoms with Gasteiger partial charge in [-0.3, -0.25) is 8.77 Å². The summed E-state index contributed by atoms with van der Waals surface area (Å²) in [6.07, 6.45) is 1.77. The highest BCUT2D eigenvalue weighted by Gasteiger charge is 1.98. The Bertz CT molecular complexity index is 534. The molecule has 4 heteroatoms. The van der Waals surface area contributed by atoms with Gasteiger partial charge in [0.15, 0.2) is 0 Å². The molecule has 1 aromatic heterocycles. The van der Waals surface area contributed by atoms with E-state index in [1.165, 1.54) is 11.9 Å². The molecule has 2 rings (SSSR count). The minimum absolute atomic E-state index is 0.00557.